The Bertz CT molecular complexity index is 1680. The number of nitrogens with zero attached hydrogens (tertiary/aromatic N) is 4. The fourth-order valence-electron chi connectivity index (χ4n) is 6.26. The molecule has 3 aromatic carbocycles. The standard InChI is InChI=1S/C37H47N9O3/c1-24-21-30(35(47)39-19-4-20-46(2)3)15-18-32(24)27-9-5-25(6-10-27)22-33(41-36(48)29-11-7-26(23-38)8-12-29)37(49)40-31-16-13-28(14-17-31)34-42-44-45-43-34/h5-6,9-10,13-18,21,26,29,33H,4,7-8,11-12,19-20,22-23,38H2,1-3H3,(H,39,47)(H,40,49)(H,41,48)(H,42,43,44,45). The Morgan fingerprint density at radius 2 is 1.67 bits per heavy atom. The minimum atomic E-state index is -0.778. The number of aromatic amines is 1. The van der Waals surface area contributed by atoms with Gasteiger partial charge < -0.3 is 26.6 Å². The van der Waals surface area contributed by atoms with Crippen molar-refractivity contribution in [2.45, 2.75) is 51.5 Å². The van der Waals surface area contributed by atoms with Gasteiger partial charge in [-0.05, 0) is 136 Å². The van der Waals surface area contributed by atoms with Gasteiger partial charge in [-0.3, -0.25) is 14.4 Å². The summed E-state index contributed by atoms with van der Waals surface area (Å²) in [5, 5.41) is 23.0. The van der Waals surface area contributed by atoms with Crippen LogP contribution in [0, 0.1) is 18.8 Å². The smallest absolute Gasteiger partial charge is 0.251 e. The number of aryl methyl sites for hydroxylation is 1. The third-order valence-electron chi connectivity index (χ3n) is 9.20. The quantitative estimate of drug-likeness (QED) is 0.126. The minimum Gasteiger partial charge on any atom is -0.352 e. The number of hydrogen-bond donors (Lipinski definition) is 5. The number of rotatable bonds is 14. The number of H-pyrrole nitrogens is 1. The van der Waals surface area contributed by atoms with Crippen molar-refractivity contribution >= 4 is 23.4 Å². The Morgan fingerprint density at radius 1 is 0.959 bits per heavy atom. The van der Waals surface area contributed by atoms with Gasteiger partial charge in [0.05, 0.1) is 0 Å². The second-order valence-electron chi connectivity index (χ2n) is 13.2. The van der Waals surface area contributed by atoms with Crippen LogP contribution in [-0.2, 0) is 16.0 Å². The predicted octanol–water partition coefficient (Wildman–Crippen LogP) is 3.95. The monoisotopic (exact) mass is 665 g/mol. The third-order valence-corrected chi connectivity index (χ3v) is 9.20. The van der Waals surface area contributed by atoms with Gasteiger partial charge >= 0.3 is 0 Å². The second kappa shape index (κ2) is 16.9. The first-order valence-electron chi connectivity index (χ1n) is 17.0. The molecule has 1 unspecified atom stereocenters. The first kappa shape index (κ1) is 35.4. The molecule has 1 saturated carbocycles. The van der Waals surface area contributed by atoms with E-state index in [1.165, 1.54) is 0 Å². The highest BCUT2D eigenvalue weighted by Gasteiger charge is 2.29. The molecule has 0 bridgehead atoms. The highest BCUT2D eigenvalue weighted by atomic mass is 16.2. The van der Waals surface area contributed by atoms with Gasteiger partial charge in [0.25, 0.3) is 5.91 Å². The van der Waals surface area contributed by atoms with E-state index in [4.69, 9.17) is 5.73 Å². The first-order valence-corrected chi connectivity index (χ1v) is 17.0. The van der Waals surface area contributed by atoms with E-state index < -0.39 is 6.04 Å². The van der Waals surface area contributed by atoms with E-state index in [9.17, 15) is 14.4 Å². The van der Waals surface area contributed by atoms with E-state index in [1.54, 1.807) is 24.3 Å². The molecule has 1 aliphatic rings. The van der Waals surface area contributed by atoms with Gasteiger partial charge in [0.2, 0.25) is 17.6 Å². The van der Waals surface area contributed by atoms with E-state index in [0.29, 0.717) is 42.5 Å². The Morgan fingerprint density at radius 3 is 2.31 bits per heavy atom. The molecule has 6 N–H and O–H groups in total. The van der Waals surface area contributed by atoms with Crippen molar-refractivity contribution in [1.29, 1.82) is 0 Å². The summed E-state index contributed by atoms with van der Waals surface area (Å²) in [6.07, 6.45) is 4.58. The number of carbonyl (C=O) groups is 3. The van der Waals surface area contributed by atoms with Crippen LogP contribution in [0.5, 0.6) is 0 Å². The zero-order valence-corrected chi connectivity index (χ0v) is 28.5. The predicted molar refractivity (Wildman–Crippen MR) is 190 cm³/mol. The summed E-state index contributed by atoms with van der Waals surface area (Å²) in [5.41, 5.74) is 11.8. The van der Waals surface area contributed by atoms with Crippen molar-refractivity contribution < 1.29 is 14.4 Å². The topological polar surface area (TPSA) is 171 Å². The molecule has 1 aromatic heterocycles. The van der Waals surface area contributed by atoms with Crippen molar-refractivity contribution in [2.24, 2.45) is 17.6 Å². The molecule has 1 heterocycles. The number of amides is 3. The average Bonchev–Trinajstić information content (AvgIpc) is 3.66. The van der Waals surface area contributed by atoms with E-state index >= 15 is 0 Å². The summed E-state index contributed by atoms with van der Waals surface area (Å²) in [7, 11) is 4.03. The van der Waals surface area contributed by atoms with Crippen molar-refractivity contribution in [1.82, 2.24) is 36.2 Å². The van der Waals surface area contributed by atoms with Crippen LogP contribution in [0.2, 0.25) is 0 Å². The lowest BCUT2D eigenvalue weighted by Gasteiger charge is -2.28. The van der Waals surface area contributed by atoms with Gasteiger partial charge in [-0.1, -0.05) is 30.3 Å². The maximum Gasteiger partial charge on any atom is 0.251 e. The van der Waals surface area contributed by atoms with Crippen LogP contribution in [0.1, 0.15) is 53.6 Å². The van der Waals surface area contributed by atoms with Gasteiger partial charge in [-0.2, -0.15) is 5.21 Å². The SMILES string of the molecule is Cc1cc(C(=O)NCCCN(C)C)ccc1-c1ccc(CC(NC(=O)C2CCC(CN)CC2)C(=O)Nc2ccc(-c3nn[nH]n3)cc2)cc1. The number of nitrogens with two attached hydrogens (primary N) is 1. The normalized spacial score (nSPS) is 16.6. The molecule has 12 heteroatoms. The molecule has 0 radical (unpaired) electrons. The fourth-order valence-corrected chi connectivity index (χ4v) is 6.26. The van der Waals surface area contributed by atoms with Crippen LogP contribution < -0.4 is 21.7 Å². The molecule has 1 atom stereocenters. The van der Waals surface area contributed by atoms with Gasteiger partial charge in [0.15, 0.2) is 0 Å². The van der Waals surface area contributed by atoms with Crippen LogP contribution in [0.4, 0.5) is 5.69 Å². The molecule has 5 rings (SSSR count). The summed E-state index contributed by atoms with van der Waals surface area (Å²) in [6, 6.07) is 20.1. The third kappa shape index (κ3) is 9.80. The maximum atomic E-state index is 13.7. The molecule has 0 aliphatic heterocycles. The van der Waals surface area contributed by atoms with Crippen LogP contribution in [0.3, 0.4) is 0 Å². The van der Waals surface area contributed by atoms with Gasteiger partial charge in [-0.15, -0.1) is 10.2 Å². The second-order valence-corrected chi connectivity index (χ2v) is 13.2. The molecule has 258 valence electrons. The Hall–Kier alpha value is -4.94. The molecule has 3 amide bonds. The molecular weight excluding hydrogens is 618 g/mol. The molecule has 12 nitrogen and oxygen atoms in total. The van der Waals surface area contributed by atoms with Crippen molar-refractivity contribution in [3.63, 3.8) is 0 Å². The van der Waals surface area contributed by atoms with E-state index in [0.717, 1.165) is 66.5 Å². The van der Waals surface area contributed by atoms with Crippen LogP contribution >= 0.6 is 0 Å². The van der Waals surface area contributed by atoms with Crippen LogP contribution in [-0.4, -0.2) is 83.0 Å². The maximum absolute atomic E-state index is 13.7. The lowest BCUT2D eigenvalue weighted by molar-refractivity contribution is -0.130. The van der Waals surface area contributed by atoms with Gasteiger partial charge in [0.1, 0.15) is 6.04 Å². The molecule has 1 fully saturated rings. The number of benzene rings is 3. The number of tetrazole rings is 1. The zero-order chi connectivity index (χ0) is 34.8. The first-order chi connectivity index (χ1) is 23.7. The van der Waals surface area contributed by atoms with Gasteiger partial charge in [-0.25, -0.2) is 0 Å². The number of nitrogens with one attached hydrogen (secondary N) is 4. The van der Waals surface area contributed by atoms with Crippen molar-refractivity contribution in [3.05, 3.63) is 83.4 Å². The largest absolute Gasteiger partial charge is 0.352 e. The lowest BCUT2D eigenvalue weighted by atomic mass is 9.81. The molecule has 49 heavy (non-hydrogen) atoms. The number of anilines is 1. The molecule has 1 aliphatic carbocycles. The van der Waals surface area contributed by atoms with Crippen molar-refractivity contribution in [3.8, 4) is 22.5 Å². The summed E-state index contributed by atoms with van der Waals surface area (Å²) < 4.78 is 0. The Balaban J connectivity index is 1.26. The van der Waals surface area contributed by atoms with Crippen LogP contribution in [0.15, 0.2) is 66.7 Å². The highest BCUT2D eigenvalue weighted by Crippen LogP contribution is 2.29. The molecule has 0 spiro atoms. The summed E-state index contributed by atoms with van der Waals surface area (Å²) in [4.78, 5) is 41.8. The highest BCUT2D eigenvalue weighted by molar-refractivity contribution is 5.98. The number of hydrogen-bond acceptors (Lipinski definition) is 8. The fraction of sp³-hybridized carbons (Fsp3) is 0.405. The minimum absolute atomic E-state index is 0.0783. The Labute approximate surface area is 287 Å². The zero-order valence-electron chi connectivity index (χ0n) is 28.5. The molecule has 4 aromatic rings. The number of aromatic nitrogens is 4. The lowest BCUT2D eigenvalue weighted by Crippen LogP contribution is -2.48. The molecular formula is C37H47N9O3. The number of carbonyl (C=O) groups excluding carboxylic acids is 3. The van der Waals surface area contributed by atoms with Crippen LogP contribution in [0.25, 0.3) is 22.5 Å². The summed E-state index contributed by atoms with van der Waals surface area (Å²) in [6.45, 7) is 4.18. The van der Waals surface area contributed by atoms with E-state index in [1.807, 2.05) is 63.5 Å². The summed E-state index contributed by atoms with van der Waals surface area (Å²) in [5.74, 6) is 0.293. The summed E-state index contributed by atoms with van der Waals surface area (Å²) >= 11 is 0. The Kier molecular flexibility index (Phi) is 12.2. The van der Waals surface area contributed by atoms with E-state index in [2.05, 4.69) is 41.5 Å². The van der Waals surface area contributed by atoms with Gasteiger partial charge in [0, 0.05) is 35.7 Å². The molecule has 0 saturated heterocycles. The van der Waals surface area contributed by atoms with Crippen molar-refractivity contribution in [2.75, 3.05) is 39.0 Å². The average molecular weight is 666 g/mol. The van der Waals surface area contributed by atoms with E-state index in [-0.39, 0.29) is 23.6 Å².